The maximum absolute atomic E-state index is 12.0. The van der Waals surface area contributed by atoms with Crippen molar-refractivity contribution >= 4 is 12.0 Å². The number of amides is 1. The molecule has 2 heterocycles. The third-order valence-corrected chi connectivity index (χ3v) is 3.63. The van der Waals surface area contributed by atoms with Crippen molar-refractivity contribution < 1.29 is 14.6 Å². The summed E-state index contributed by atoms with van der Waals surface area (Å²) in [6.07, 6.45) is 3.51. The number of H-pyrrole nitrogens is 1. The van der Waals surface area contributed by atoms with Crippen LogP contribution in [0.4, 0.5) is 10.7 Å². The summed E-state index contributed by atoms with van der Waals surface area (Å²) in [5.74, 6) is 1.18. The lowest BCUT2D eigenvalue weighted by atomic mass is 10.0. The van der Waals surface area contributed by atoms with Gasteiger partial charge in [-0.15, -0.1) is 0 Å². The molecule has 0 spiro atoms. The number of hydrogen-bond donors (Lipinski definition) is 4. The standard InChI is InChI=1S/C17H25N5O3/c1-10(2)5-13(9-23)21-17(24)25-14-6-12(8-19-14)15-11(3)7-20-16(18-4)22-15/h6-8,10,13,19,23H,5,9H2,1-4H3,(H,21,24)(H,18,20,22). The Hall–Kier alpha value is -2.61. The molecule has 136 valence electrons. The second kappa shape index (κ2) is 8.48. The van der Waals surface area contributed by atoms with Crippen LogP contribution >= 0.6 is 0 Å². The summed E-state index contributed by atoms with van der Waals surface area (Å²) < 4.78 is 5.25. The molecule has 0 aliphatic rings. The molecule has 25 heavy (non-hydrogen) atoms. The second-order valence-electron chi connectivity index (χ2n) is 6.27. The fourth-order valence-electron chi connectivity index (χ4n) is 2.47. The molecular formula is C17H25N5O3. The lowest BCUT2D eigenvalue weighted by molar-refractivity contribution is 0.176. The molecule has 0 saturated carbocycles. The third-order valence-electron chi connectivity index (χ3n) is 3.63. The Labute approximate surface area is 147 Å². The molecule has 1 amide bonds. The number of aromatic amines is 1. The normalized spacial score (nSPS) is 12.1. The molecule has 8 heteroatoms. The Bertz CT molecular complexity index is 714. The van der Waals surface area contributed by atoms with Crippen LogP contribution in [0.3, 0.4) is 0 Å². The number of nitrogens with zero attached hydrogens (tertiary/aromatic N) is 2. The van der Waals surface area contributed by atoms with Crippen LogP contribution < -0.4 is 15.4 Å². The average Bonchev–Trinajstić information content (AvgIpc) is 3.02. The molecule has 0 bridgehead atoms. The summed E-state index contributed by atoms with van der Waals surface area (Å²) in [6.45, 7) is 5.83. The Kier molecular flexibility index (Phi) is 6.35. The quantitative estimate of drug-likeness (QED) is 0.611. The minimum absolute atomic E-state index is 0.129. The Morgan fingerprint density at radius 3 is 2.84 bits per heavy atom. The Morgan fingerprint density at radius 1 is 1.44 bits per heavy atom. The van der Waals surface area contributed by atoms with Gasteiger partial charge in [0.1, 0.15) is 0 Å². The van der Waals surface area contributed by atoms with Gasteiger partial charge < -0.3 is 25.5 Å². The van der Waals surface area contributed by atoms with E-state index in [1.54, 1.807) is 25.5 Å². The first-order valence-electron chi connectivity index (χ1n) is 8.22. The molecule has 2 rings (SSSR count). The van der Waals surface area contributed by atoms with E-state index < -0.39 is 6.09 Å². The van der Waals surface area contributed by atoms with Crippen molar-refractivity contribution in [2.45, 2.75) is 33.2 Å². The van der Waals surface area contributed by atoms with Gasteiger partial charge in [0.25, 0.3) is 0 Å². The van der Waals surface area contributed by atoms with E-state index in [0.29, 0.717) is 24.2 Å². The summed E-state index contributed by atoms with van der Waals surface area (Å²) in [5.41, 5.74) is 2.45. The van der Waals surface area contributed by atoms with Crippen LogP contribution in [0, 0.1) is 12.8 Å². The first-order chi connectivity index (χ1) is 11.9. The van der Waals surface area contributed by atoms with Crippen LogP contribution in [0.5, 0.6) is 5.88 Å². The lowest BCUT2D eigenvalue weighted by Gasteiger charge is -2.17. The van der Waals surface area contributed by atoms with E-state index in [1.807, 2.05) is 20.8 Å². The van der Waals surface area contributed by atoms with E-state index in [0.717, 1.165) is 16.8 Å². The lowest BCUT2D eigenvalue weighted by Crippen LogP contribution is -2.40. The highest BCUT2D eigenvalue weighted by Gasteiger charge is 2.16. The molecule has 1 unspecified atom stereocenters. The van der Waals surface area contributed by atoms with Gasteiger partial charge in [-0.2, -0.15) is 0 Å². The second-order valence-corrected chi connectivity index (χ2v) is 6.27. The SMILES string of the molecule is CNc1ncc(C)c(-c2c[nH]c(OC(=O)NC(CO)CC(C)C)c2)n1. The van der Waals surface area contributed by atoms with Crippen LogP contribution in [0.1, 0.15) is 25.8 Å². The summed E-state index contributed by atoms with van der Waals surface area (Å²) in [7, 11) is 1.75. The van der Waals surface area contributed by atoms with Gasteiger partial charge in [0.05, 0.1) is 18.3 Å². The van der Waals surface area contributed by atoms with E-state index in [4.69, 9.17) is 4.74 Å². The first kappa shape index (κ1) is 18.7. The molecule has 1 atom stereocenters. The van der Waals surface area contributed by atoms with Crippen LogP contribution in [0.25, 0.3) is 11.3 Å². The molecule has 4 N–H and O–H groups in total. The molecule has 2 aromatic heterocycles. The summed E-state index contributed by atoms with van der Waals surface area (Å²) in [6, 6.07) is 1.37. The Morgan fingerprint density at radius 2 is 2.20 bits per heavy atom. The average molecular weight is 347 g/mol. The van der Waals surface area contributed by atoms with E-state index >= 15 is 0 Å². The minimum atomic E-state index is -0.608. The molecule has 0 fully saturated rings. The van der Waals surface area contributed by atoms with Crippen LogP contribution in [0.15, 0.2) is 18.5 Å². The smallest absolute Gasteiger partial charge is 0.394 e. The molecule has 0 radical (unpaired) electrons. The minimum Gasteiger partial charge on any atom is -0.394 e. The van der Waals surface area contributed by atoms with Crippen molar-refractivity contribution in [1.29, 1.82) is 0 Å². The van der Waals surface area contributed by atoms with E-state index in [-0.39, 0.29) is 12.6 Å². The molecular weight excluding hydrogens is 322 g/mol. The number of aryl methyl sites for hydroxylation is 1. The number of hydrogen-bond acceptors (Lipinski definition) is 6. The molecule has 0 aliphatic heterocycles. The summed E-state index contributed by atoms with van der Waals surface area (Å²) >= 11 is 0. The first-order valence-corrected chi connectivity index (χ1v) is 8.22. The zero-order valence-corrected chi connectivity index (χ0v) is 15.0. The molecule has 0 aliphatic carbocycles. The van der Waals surface area contributed by atoms with Crippen molar-refractivity contribution in [2.24, 2.45) is 5.92 Å². The van der Waals surface area contributed by atoms with Gasteiger partial charge in [0.15, 0.2) is 0 Å². The van der Waals surface area contributed by atoms with Crippen LogP contribution in [-0.2, 0) is 0 Å². The number of nitrogens with one attached hydrogen (secondary N) is 3. The van der Waals surface area contributed by atoms with Crippen LogP contribution in [0.2, 0.25) is 0 Å². The van der Waals surface area contributed by atoms with Gasteiger partial charge in [-0.1, -0.05) is 13.8 Å². The molecule has 8 nitrogen and oxygen atoms in total. The maximum Gasteiger partial charge on any atom is 0.414 e. The monoisotopic (exact) mass is 347 g/mol. The number of carbonyl (C=O) groups excluding carboxylic acids is 1. The topological polar surface area (TPSA) is 112 Å². The van der Waals surface area contributed by atoms with Gasteiger partial charge in [-0.05, 0) is 24.8 Å². The number of anilines is 1. The molecule has 2 aromatic rings. The number of aliphatic hydroxyl groups is 1. The fraction of sp³-hybridized carbons (Fsp3) is 0.471. The van der Waals surface area contributed by atoms with Gasteiger partial charge in [0, 0.05) is 31.1 Å². The van der Waals surface area contributed by atoms with Crippen LogP contribution in [-0.4, -0.2) is 45.8 Å². The van der Waals surface area contributed by atoms with Gasteiger partial charge in [-0.3, -0.25) is 0 Å². The number of aromatic nitrogens is 3. The fourth-order valence-corrected chi connectivity index (χ4v) is 2.47. The predicted octanol–water partition coefficient (Wildman–Crippen LogP) is 2.32. The number of ether oxygens (including phenoxy) is 1. The largest absolute Gasteiger partial charge is 0.414 e. The zero-order chi connectivity index (χ0) is 18.4. The van der Waals surface area contributed by atoms with Gasteiger partial charge >= 0.3 is 6.09 Å². The van der Waals surface area contributed by atoms with E-state index in [1.165, 1.54) is 0 Å². The highest BCUT2D eigenvalue weighted by molar-refractivity contribution is 5.72. The van der Waals surface area contributed by atoms with Gasteiger partial charge in [-0.25, -0.2) is 14.8 Å². The molecule has 0 aromatic carbocycles. The number of aliphatic hydroxyl groups excluding tert-OH is 1. The van der Waals surface area contributed by atoms with Gasteiger partial charge in [0.2, 0.25) is 11.8 Å². The van der Waals surface area contributed by atoms with Crippen molar-refractivity contribution in [1.82, 2.24) is 20.3 Å². The molecule has 0 saturated heterocycles. The summed E-state index contributed by atoms with van der Waals surface area (Å²) in [4.78, 5) is 23.5. The van der Waals surface area contributed by atoms with E-state index in [9.17, 15) is 9.90 Å². The maximum atomic E-state index is 12.0. The highest BCUT2D eigenvalue weighted by Crippen LogP contribution is 2.25. The van der Waals surface area contributed by atoms with E-state index in [2.05, 4.69) is 25.6 Å². The predicted molar refractivity (Wildman–Crippen MR) is 95.6 cm³/mol. The third kappa shape index (κ3) is 5.18. The zero-order valence-electron chi connectivity index (χ0n) is 15.0. The number of rotatable bonds is 7. The summed E-state index contributed by atoms with van der Waals surface area (Å²) in [5, 5.41) is 14.9. The Balaban J connectivity index is 2.05. The van der Waals surface area contributed by atoms with Crippen molar-refractivity contribution in [3.8, 4) is 17.1 Å². The van der Waals surface area contributed by atoms with Crippen molar-refractivity contribution in [3.05, 3.63) is 24.0 Å². The van der Waals surface area contributed by atoms with Crippen molar-refractivity contribution in [2.75, 3.05) is 19.0 Å². The number of carbonyl (C=O) groups is 1. The van der Waals surface area contributed by atoms with Crippen molar-refractivity contribution in [3.63, 3.8) is 0 Å². The highest BCUT2D eigenvalue weighted by atomic mass is 16.6.